The fraction of sp³-hybridized carbons (Fsp3) is 0.446. The van der Waals surface area contributed by atoms with E-state index in [1.165, 1.54) is 24.3 Å². The summed E-state index contributed by atoms with van der Waals surface area (Å²) in [5, 5.41) is 2.93. The fourth-order valence-corrected chi connectivity index (χ4v) is 13.8. The number of carbonyl (C=O) groups is 5. The van der Waals surface area contributed by atoms with Crippen LogP contribution in [0, 0.1) is 5.82 Å². The molecule has 97 heavy (non-hydrogen) atoms. The van der Waals surface area contributed by atoms with Crippen LogP contribution in [0.4, 0.5) is 46.9 Å². The summed E-state index contributed by atoms with van der Waals surface area (Å²) in [7, 11) is 7.26. The fourth-order valence-electron chi connectivity index (χ4n) is 13.8. The van der Waals surface area contributed by atoms with Crippen molar-refractivity contribution < 1.29 is 68.9 Å². The number of benzene rings is 6. The highest BCUT2D eigenvalue weighted by molar-refractivity contribution is 5.95. The highest BCUT2D eigenvalue weighted by Gasteiger charge is 2.50. The Bertz CT molecular complexity index is 3660. The number of halogens is 7. The van der Waals surface area contributed by atoms with E-state index in [4.69, 9.17) is 14.2 Å². The summed E-state index contributed by atoms with van der Waals surface area (Å²) in [5.41, 5.74) is 1.14. The molecular formula is C74H85F7N8O8. The van der Waals surface area contributed by atoms with Gasteiger partial charge in [0.25, 0.3) is 11.8 Å². The molecule has 0 bridgehead atoms. The van der Waals surface area contributed by atoms with Crippen LogP contribution in [0.1, 0.15) is 107 Å². The van der Waals surface area contributed by atoms with Crippen LogP contribution in [0.3, 0.4) is 0 Å². The number of nitrogens with one attached hydrogen (secondary N) is 1. The lowest BCUT2D eigenvalue weighted by Crippen LogP contribution is -2.50. The minimum atomic E-state index is -5.15. The molecule has 6 aromatic carbocycles. The van der Waals surface area contributed by atoms with Crippen LogP contribution in [0.2, 0.25) is 0 Å². The summed E-state index contributed by atoms with van der Waals surface area (Å²) in [6.45, 7) is 6.51. The summed E-state index contributed by atoms with van der Waals surface area (Å²) < 4.78 is 116. The Balaban J connectivity index is 0.633. The molecule has 518 valence electrons. The van der Waals surface area contributed by atoms with Crippen molar-refractivity contribution in [2.24, 2.45) is 0 Å². The van der Waals surface area contributed by atoms with Crippen molar-refractivity contribution in [3.05, 3.63) is 190 Å². The van der Waals surface area contributed by atoms with Crippen LogP contribution in [0.15, 0.2) is 146 Å². The number of likely N-dealkylation sites (N-methyl/N-ethyl adjacent to an activating group) is 2. The van der Waals surface area contributed by atoms with Crippen LogP contribution < -0.4 is 10.2 Å². The van der Waals surface area contributed by atoms with Gasteiger partial charge in [-0.05, 0) is 154 Å². The van der Waals surface area contributed by atoms with Crippen molar-refractivity contribution in [3.8, 4) is 11.1 Å². The molecular weight excluding hydrogens is 1260 g/mol. The van der Waals surface area contributed by atoms with Gasteiger partial charge < -0.3 is 48.5 Å². The van der Waals surface area contributed by atoms with Gasteiger partial charge in [-0.1, -0.05) is 84.9 Å². The first-order chi connectivity index (χ1) is 46.3. The number of alkyl halides is 6. The number of likely N-dealkylation sites (tertiary alicyclic amines) is 2. The number of amides is 5. The van der Waals surface area contributed by atoms with E-state index in [2.05, 4.69) is 39.1 Å². The predicted molar refractivity (Wildman–Crippen MR) is 355 cm³/mol. The molecule has 10 rings (SSSR count). The van der Waals surface area contributed by atoms with Crippen molar-refractivity contribution in [2.45, 2.75) is 106 Å². The number of piperidine rings is 2. The van der Waals surface area contributed by atoms with Crippen LogP contribution in [-0.4, -0.2) is 184 Å². The van der Waals surface area contributed by atoms with Gasteiger partial charge in [0, 0.05) is 114 Å². The first-order valence-electron chi connectivity index (χ1n) is 33.1. The molecule has 1 spiro atoms. The Labute approximate surface area is 562 Å². The van der Waals surface area contributed by atoms with Crippen LogP contribution in [0.25, 0.3) is 11.1 Å². The van der Waals surface area contributed by atoms with Gasteiger partial charge in [-0.25, -0.2) is 9.18 Å². The Morgan fingerprint density at radius 1 is 0.680 bits per heavy atom. The van der Waals surface area contributed by atoms with E-state index < -0.39 is 64.6 Å². The van der Waals surface area contributed by atoms with Crippen LogP contribution in [-0.2, 0) is 53.6 Å². The van der Waals surface area contributed by atoms with Gasteiger partial charge in [0.2, 0.25) is 11.8 Å². The first kappa shape index (κ1) is 71.4. The molecule has 5 amide bonds. The third-order valence-electron chi connectivity index (χ3n) is 20.0. The average molecular weight is 1350 g/mol. The van der Waals surface area contributed by atoms with E-state index in [1.54, 1.807) is 40.9 Å². The maximum atomic E-state index is 14.3. The number of rotatable bonds is 24. The summed E-state index contributed by atoms with van der Waals surface area (Å²) in [6.07, 6.45) is -6.13. The van der Waals surface area contributed by atoms with Gasteiger partial charge in [-0.3, -0.25) is 24.5 Å². The minimum absolute atomic E-state index is 0.0291. The molecule has 1 N–H and O–H groups in total. The number of ether oxygens (including phenoxy) is 3. The van der Waals surface area contributed by atoms with E-state index >= 15 is 0 Å². The van der Waals surface area contributed by atoms with Crippen molar-refractivity contribution in [1.29, 1.82) is 0 Å². The molecule has 0 radical (unpaired) electrons. The molecule has 4 aliphatic rings. The SMILES string of the molecule is CC(CCC(=O)N(C)CCN1CCC(OC(=O)Nc2ccccc2-c2ccccc2)CC1)N(C)c1ccc(C(=O)N(C)CCCN(C)C(=O)CO[C@H]2Cc3ccccc3C23CCN(CC[C@@]2(c4ccc(F)cc4)CN(C(=O)c4cc(C(F)(F)F)cc(C(F)(F)F)c4)CO2)CC3)cc1. The minimum Gasteiger partial charge on any atom is -0.446 e. The van der Waals surface area contributed by atoms with E-state index in [0.717, 1.165) is 52.5 Å². The average Bonchev–Trinajstić information content (AvgIpc) is 1.60. The lowest BCUT2D eigenvalue weighted by Gasteiger charge is -2.44. The molecule has 3 aliphatic heterocycles. The number of nitrogens with zero attached hydrogens (tertiary/aromatic N) is 7. The first-order valence-corrected chi connectivity index (χ1v) is 33.1. The van der Waals surface area contributed by atoms with Crippen LogP contribution >= 0.6 is 0 Å². The highest BCUT2D eigenvalue weighted by Crippen LogP contribution is 2.49. The number of anilines is 2. The van der Waals surface area contributed by atoms with Gasteiger partial charge in [0.1, 0.15) is 30.9 Å². The normalized spacial score (nSPS) is 18.5. The largest absolute Gasteiger partial charge is 0.446 e. The summed E-state index contributed by atoms with van der Waals surface area (Å²) >= 11 is 0. The summed E-state index contributed by atoms with van der Waals surface area (Å²) in [6, 6.07) is 39.3. The maximum Gasteiger partial charge on any atom is 0.416 e. The Morgan fingerprint density at radius 2 is 1.30 bits per heavy atom. The molecule has 3 saturated heterocycles. The van der Waals surface area contributed by atoms with Gasteiger partial charge in [-0.2, -0.15) is 26.3 Å². The van der Waals surface area contributed by atoms with Crippen LogP contribution in [0.5, 0.6) is 0 Å². The molecule has 3 atom stereocenters. The third-order valence-corrected chi connectivity index (χ3v) is 20.0. The van der Waals surface area contributed by atoms with E-state index in [-0.39, 0.29) is 61.6 Å². The lowest BCUT2D eigenvalue weighted by atomic mass is 9.72. The zero-order valence-corrected chi connectivity index (χ0v) is 55.5. The molecule has 0 saturated carbocycles. The highest BCUT2D eigenvalue weighted by atomic mass is 19.4. The Kier molecular flexibility index (Phi) is 22.8. The standard InChI is InChI=1S/C74H85F7N8O8/c1-51(20-29-66(90)84(3)42-43-87-37-30-61(31-38-87)97-70(94)82-64-19-12-10-17-62(64)52-14-7-6-8-15-52)86(5)60-27-21-53(22-28-60)68(92)85(4)36-13-35-83(2)67(91)48-95-65-46-54-16-9-11-18-63(54)71(65)32-39-88(40-33-71)41-34-72(56-23-25-59(75)26-24-56)49-89(50-96-72)69(93)55-44-57(73(76,77)78)47-58(45-55)74(79,80)81/h6-12,14-19,21-28,44-45,47,51,61,65H,13,20,29-43,46,48-50H2,1-5H3,(H,82,94)/t51?,65-,72-/m0/s1. The van der Waals surface area contributed by atoms with E-state index in [0.29, 0.717) is 120 Å². The van der Waals surface area contributed by atoms with E-state index in [9.17, 15) is 54.7 Å². The monoisotopic (exact) mass is 1350 g/mol. The van der Waals surface area contributed by atoms with Gasteiger partial charge in [-0.15, -0.1) is 0 Å². The van der Waals surface area contributed by atoms with Gasteiger partial charge in [0.15, 0.2) is 0 Å². The Hall–Kier alpha value is -8.38. The number of para-hydroxylation sites is 1. The van der Waals surface area contributed by atoms with Crippen molar-refractivity contribution >= 4 is 41.1 Å². The van der Waals surface area contributed by atoms with Crippen molar-refractivity contribution in [2.75, 3.05) is 117 Å². The van der Waals surface area contributed by atoms with Crippen molar-refractivity contribution in [3.63, 3.8) is 0 Å². The predicted octanol–water partition coefficient (Wildman–Crippen LogP) is 12.6. The number of carbonyl (C=O) groups excluding carboxylic acids is 5. The zero-order chi connectivity index (χ0) is 69.2. The molecule has 3 heterocycles. The number of hydrogen-bond acceptors (Lipinski definition) is 11. The molecule has 23 heteroatoms. The second kappa shape index (κ2) is 31.0. The van der Waals surface area contributed by atoms with Gasteiger partial charge >= 0.3 is 18.4 Å². The number of hydrogen-bond donors (Lipinski definition) is 1. The maximum absolute atomic E-state index is 14.3. The third kappa shape index (κ3) is 17.5. The quantitative estimate of drug-likeness (QED) is 0.0578. The topological polar surface area (TPSA) is 148 Å². The van der Waals surface area contributed by atoms with E-state index in [1.807, 2.05) is 93.0 Å². The molecule has 16 nitrogen and oxygen atoms in total. The summed E-state index contributed by atoms with van der Waals surface area (Å²) in [4.78, 5) is 80.0. The smallest absolute Gasteiger partial charge is 0.416 e. The summed E-state index contributed by atoms with van der Waals surface area (Å²) in [5.74, 6) is -1.90. The molecule has 6 aromatic rings. The molecule has 0 aromatic heterocycles. The number of fused-ring (bicyclic) bond motifs is 2. The second-order valence-electron chi connectivity index (χ2n) is 26.2. The molecule has 3 fully saturated rings. The second-order valence-corrected chi connectivity index (χ2v) is 26.2. The lowest BCUT2D eigenvalue weighted by molar-refractivity contribution is -0.143. The molecule has 1 aliphatic carbocycles. The Morgan fingerprint density at radius 3 is 1.98 bits per heavy atom. The van der Waals surface area contributed by atoms with Gasteiger partial charge in [0.05, 0.1) is 29.5 Å². The molecule has 1 unspecified atom stereocenters. The zero-order valence-electron chi connectivity index (χ0n) is 55.5. The van der Waals surface area contributed by atoms with Crippen molar-refractivity contribution in [1.82, 2.24) is 29.4 Å².